The highest BCUT2D eigenvalue weighted by Gasteiger charge is 2.32. The molecular formula is C30H32F4N4O3S. The molecule has 12 heteroatoms. The van der Waals surface area contributed by atoms with Crippen molar-refractivity contribution in [3.63, 3.8) is 0 Å². The van der Waals surface area contributed by atoms with E-state index in [1.54, 1.807) is 41.3 Å². The maximum atomic E-state index is 14.7. The zero-order valence-electron chi connectivity index (χ0n) is 23.3. The topological polar surface area (TPSA) is 66.1 Å². The van der Waals surface area contributed by atoms with Crippen LogP contribution in [0, 0.1) is 11.8 Å². The zero-order valence-corrected chi connectivity index (χ0v) is 24.1. The largest absolute Gasteiger partial charge is 0.495 e. The Morgan fingerprint density at radius 2 is 2.02 bits per heavy atom. The number of methoxy groups -OCH3 is 1. The highest BCUT2D eigenvalue weighted by Crippen LogP contribution is 2.39. The van der Waals surface area contributed by atoms with Crippen LogP contribution in [0.5, 0.6) is 5.75 Å². The molecule has 2 unspecified atom stereocenters. The van der Waals surface area contributed by atoms with Gasteiger partial charge in [0.1, 0.15) is 18.5 Å². The number of ether oxygens (including phenoxy) is 2. The third-order valence-corrected chi connectivity index (χ3v) is 8.53. The first kappa shape index (κ1) is 29.9. The van der Waals surface area contributed by atoms with E-state index in [1.807, 2.05) is 11.9 Å². The number of hydrogen-bond acceptors (Lipinski definition) is 7. The molecule has 2 fully saturated rings. The number of carbonyl (C=O) groups is 1. The van der Waals surface area contributed by atoms with Crippen LogP contribution in [-0.4, -0.2) is 82.7 Å². The Labute approximate surface area is 245 Å². The lowest BCUT2D eigenvalue weighted by Crippen LogP contribution is -2.46. The van der Waals surface area contributed by atoms with E-state index in [0.29, 0.717) is 63.9 Å². The lowest BCUT2D eigenvalue weighted by Gasteiger charge is -2.33. The van der Waals surface area contributed by atoms with Crippen molar-refractivity contribution >= 4 is 44.4 Å². The van der Waals surface area contributed by atoms with Crippen LogP contribution < -0.4 is 20.3 Å². The smallest absolute Gasteiger partial charge is 0.393 e. The minimum Gasteiger partial charge on any atom is -0.495 e. The summed E-state index contributed by atoms with van der Waals surface area (Å²) in [4.78, 5) is 16.1. The van der Waals surface area contributed by atoms with E-state index in [9.17, 15) is 22.4 Å². The fraction of sp³-hybridized carbons (Fsp3) is 0.433. The van der Waals surface area contributed by atoms with Crippen LogP contribution in [0.3, 0.4) is 0 Å². The molecule has 42 heavy (non-hydrogen) atoms. The molecule has 7 nitrogen and oxygen atoms in total. The average molecular weight is 605 g/mol. The molecule has 3 heterocycles. The van der Waals surface area contributed by atoms with Crippen molar-refractivity contribution in [2.24, 2.45) is 0 Å². The molecule has 5 rings (SSSR count). The molecule has 2 aliphatic rings. The summed E-state index contributed by atoms with van der Waals surface area (Å²) in [6.45, 7) is 2.11. The first-order chi connectivity index (χ1) is 20.1. The second kappa shape index (κ2) is 12.8. The first-order valence-electron chi connectivity index (χ1n) is 13.6. The minimum absolute atomic E-state index is 0.0259. The van der Waals surface area contributed by atoms with Crippen LogP contribution in [0.25, 0.3) is 10.1 Å². The number of nitrogens with one attached hydrogen (secondary N) is 2. The van der Waals surface area contributed by atoms with Crippen molar-refractivity contribution in [1.82, 2.24) is 4.90 Å². The van der Waals surface area contributed by atoms with Gasteiger partial charge in [0.05, 0.1) is 53.7 Å². The number of amides is 1. The summed E-state index contributed by atoms with van der Waals surface area (Å²) >= 11 is 1.18. The molecule has 3 aromatic rings. The molecule has 0 aliphatic carbocycles. The molecule has 0 bridgehead atoms. The van der Waals surface area contributed by atoms with Gasteiger partial charge in [-0.15, -0.1) is 11.3 Å². The zero-order chi connectivity index (χ0) is 29.9. The minimum atomic E-state index is -4.42. The number of fused-ring (bicyclic) bond motifs is 1. The summed E-state index contributed by atoms with van der Waals surface area (Å²) in [7, 11) is 3.38. The van der Waals surface area contributed by atoms with E-state index in [2.05, 4.69) is 22.5 Å². The van der Waals surface area contributed by atoms with Gasteiger partial charge in [-0.25, -0.2) is 4.39 Å². The Morgan fingerprint density at radius 1 is 1.19 bits per heavy atom. The standard InChI is InChI=1S/C30H32F4N4O3S/c1-37-12-10-23(22(31)17-37)36-25-6-3-5-20-21(16-30(32,33)34)27(42-29(20)25)7-4-11-35-24-9-8-19(15-26(24)40-2)38-13-14-41-18-28(38)39/h3,5-6,8-9,15,22-23,35-36H,10-14,16-18H2,1-2H3. The van der Waals surface area contributed by atoms with Crippen molar-refractivity contribution in [3.8, 4) is 17.6 Å². The molecular weight excluding hydrogens is 572 g/mol. The quantitative estimate of drug-likeness (QED) is 0.282. The van der Waals surface area contributed by atoms with E-state index in [4.69, 9.17) is 9.47 Å². The van der Waals surface area contributed by atoms with Gasteiger partial charge in [0.25, 0.3) is 5.91 Å². The number of thiophene rings is 1. The summed E-state index contributed by atoms with van der Waals surface area (Å²) in [6, 6.07) is 10.0. The SMILES string of the molecule is COc1cc(N2CCOCC2=O)ccc1NCC#Cc1sc2c(NC3CCN(C)CC3F)cccc2c1CC(F)(F)F. The maximum absolute atomic E-state index is 14.7. The molecule has 2 aromatic carbocycles. The average Bonchev–Trinajstić information content (AvgIpc) is 3.29. The summed E-state index contributed by atoms with van der Waals surface area (Å²) in [5, 5.41) is 6.87. The van der Waals surface area contributed by atoms with Crippen LogP contribution in [0.2, 0.25) is 0 Å². The second-order valence-electron chi connectivity index (χ2n) is 10.3. The van der Waals surface area contributed by atoms with Crippen molar-refractivity contribution in [3.05, 3.63) is 46.8 Å². The molecule has 224 valence electrons. The van der Waals surface area contributed by atoms with Gasteiger partial charge in [0, 0.05) is 31.4 Å². The molecule has 1 amide bonds. The van der Waals surface area contributed by atoms with Crippen LogP contribution >= 0.6 is 11.3 Å². The van der Waals surface area contributed by atoms with Crippen molar-refractivity contribution in [2.45, 2.75) is 31.2 Å². The fourth-order valence-electron chi connectivity index (χ4n) is 5.23. The van der Waals surface area contributed by atoms with Gasteiger partial charge in [-0.05, 0) is 42.6 Å². The van der Waals surface area contributed by atoms with Crippen LogP contribution in [0.15, 0.2) is 36.4 Å². The molecule has 0 saturated carbocycles. The first-order valence-corrected chi connectivity index (χ1v) is 14.4. The van der Waals surface area contributed by atoms with E-state index in [0.717, 1.165) is 6.54 Å². The van der Waals surface area contributed by atoms with Gasteiger partial charge in [-0.3, -0.25) is 4.79 Å². The monoisotopic (exact) mass is 604 g/mol. The Bertz CT molecular complexity index is 1500. The second-order valence-corrected chi connectivity index (χ2v) is 11.4. The van der Waals surface area contributed by atoms with Crippen LogP contribution in [-0.2, 0) is 16.0 Å². The fourth-order valence-corrected chi connectivity index (χ4v) is 6.40. The van der Waals surface area contributed by atoms with Gasteiger partial charge in [0.2, 0.25) is 0 Å². The number of carbonyl (C=O) groups excluding carboxylic acids is 1. The Kier molecular flexibility index (Phi) is 9.11. The summed E-state index contributed by atoms with van der Waals surface area (Å²) < 4.78 is 66.8. The lowest BCUT2D eigenvalue weighted by atomic mass is 10.0. The lowest BCUT2D eigenvalue weighted by molar-refractivity contribution is -0.127. The molecule has 2 atom stereocenters. The Hall–Kier alpha value is -3.53. The predicted molar refractivity (Wildman–Crippen MR) is 158 cm³/mol. The number of piperidine rings is 1. The maximum Gasteiger partial charge on any atom is 0.393 e. The van der Waals surface area contributed by atoms with Gasteiger partial charge in [-0.2, -0.15) is 13.2 Å². The molecule has 1 aromatic heterocycles. The van der Waals surface area contributed by atoms with Crippen molar-refractivity contribution in [1.29, 1.82) is 0 Å². The van der Waals surface area contributed by atoms with Gasteiger partial charge in [0.15, 0.2) is 0 Å². The van der Waals surface area contributed by atoms with Crippen molar-refractivity contribution < 1.29 is 31.8 Å². The molecule has 2 saturated heterocycles. The van der Waals surface area contributed by atoms with Crippen molar-refractivity contribution in [2.75, 3.05) is 69.1 Å². The molecule has 0 spiro atoms. The number of benzene rings is 2. The number of nitrogens with zero attached hydrogens (tertiary/aromatic N) is 2. The third-order valence-electron chi connectivity index (χ3n) is 7.33. The van der Waals surface area contributed by atoms with E-state index >= 15 is 0 Å². The van der Waals surface area contributed by atoms with Gasteiger partial charge >= 0.3 is 6.18 Å². The summed E-state index contributed by atoms with van der Waals surface area (Å²) in [5.74, 6) is 6.25. The number of alkyl halides is 4. The van der Waals surface area contributed by atoms with Gasteiger partial charge in [-0.1, -0.05) is 24.0 Å². The van der Waals surface area contributed by atoms with E-state index < -0.39 is 24.8 Å². The van der Waals surface area contributed by atoms with Crippen LogP contribution in [0.4, 0.5) is 34.6 Å². The van der Waals surface area contributed by atoms with Gasteiger partial charge < -0.3 is 29.9 Å². The number of anilines is 3. The Balaban J connectivity index is 1.36. The highest BCUT2D eigenvalue weighted by atomic mass is 32.1. The number of rotatable bonds is 7. The Morgan fingerprint density at radius 3 is 2.76 bits per heavy atom. The molecule has 2 N–H and O–H groups in total. The highest BCUT2D eigenvalue weighted by molar-refractivity contribution is 7.20. The predicted octanol–water partition coefficient (Wildman–Crippen LogP) is 5.30. The molecule has 2 aliphatic heterocycles. The third kappa shape index (κ3) is 6.91. The van der Waals surface area contributed by atoms with E-state index in [-0.39, 0.29) is 24.6 Å². The number of hydrogen-bond donors (Lipinski definition) is 2. The van der Waals surface area contributed by atoms with E-state index in [1.165, 1.54) is 18.4 Å². The molecule has 0 radical (unpaired) electrons. The van der Waals surface area contributed by atoms with Crippen LogP contribution in [0.1, 0.15) is 16.9 Å². The number of morpholine rings is 1. The normalized spacial score (nSPS) is 19.9. The summed E-state index contributed by atoms with van der Waals surface area (Å²) in [6.07, 6.45) is -6.01. The number of likely N-dealkylation sites (tertiary alicyclic amines) is 1. The number of halogens is 4. The summed E-state index contributed by atoms with van der Waals surface area (Å²) in [5.41, 5.74) is 2.06.